The van der Waals surface area contributed by atoms with Crippen molar-refractivity contribution >= 4 is 38.1 Å². The third-order valence-corrected chi connectivity index (χ3v) is 10.8. The quantitative estimate of drug-likeness (QED) is 0.172. The fourth-order valence-electron chi connectivity index (χ4n) is 8.16. The first-order valence-electron chi connectivity index (χ1n) is 18.9. The molecule has 0 radical (unpaired) electrons. The van der Waals surface area contributed by atoms with Gasteiger partial charge in [0.2, 0.25) is 5.95 Å². The Hall–Kier alpha value is -7.63. The van der Waals surface area contributed by atoms with Crippen LogP contribution in [0, 0.1) is 0 Å². The number of nitrogens with zero attached hydrogens (tertiary/aromatic N) is 5. The first kappa shape index (κ1) is 31.9. The lowest BCUT2D eigenvalue weighted by Gasteiger charge is -2.13. The number of rotatable bonds is 6. The number of fused-ring (bicyclic) bond motifs is 6. The number of pyridine rings is 1. The molecule has 0 aliphatic heterocycles. The monoisotopic (exact) mass is 715 g/mol. The van der Waals surface area contributed by atoms with Gasteiger partial charge >= 0.3 is 0 Å². The van der Waals surface area contributed by atoms with Crippen LogP contribution in [0.5, 0.6) is 0 Å². The van der Waals surface area contributed by atoms with E-state index in [1.165, 1.54) is 10.8 Å². The van der Waals surface area contributed by atoms with Crippen molar-refractivity contribution in [3.05, 3.63) is 200 Å². The Morgan fingerprint density at radius 3 is 1.48 bits per heavy atom. The molecule has 5 heteroatoms. The lowest BCUT2D eigenvalue weighted by Crippen LogP contribution is -2.04. The van der Waals surface area contributed by atoms with Crippen LogP contribution in [0.1, 0.15) is 0 Å². The molecule has 0 bridgehead atoms. The number of hydrogen-bond donors (Lipinski definition) is 0. The first-order valence-corrected chi connectivity index (χ1v) is 18.9. The van der Waals surface area contributed by atoms with Crippen LogP contribution in [0.3, 0.4) is 0 Å². The van der Waals surface area contributed by atoms with Gasteiger partial charge in [-0.2, -0.15) is 5.10 Å². The van der Waals surface area contributed by atoms with E-state index in [0.717, 1.165) is 83.5 Å². The van der Waals surface area contributed by atoms with Gasteiger partial charge in [-0.1, -0.05) is 176 Å². The normalized spacial score (nSPS) is 11.6. The minimum absolute atomic E-state index is 0.637. The molecule has 0 spiro atoms. The second-order valence-electron chi connectivity index (χ2n) is 14.1. The number of aromatic nitrogens is 5. The molecule has 4 heterocycles. The van der Waals surface area contributed by atoms with E-state index < -0.39 is 0 Å². The number of hydrogen-bond acceptors (Lipinski definition) is 3. The van der Waals surface area contributed by atoms with Gasteiger partial charge in [0.15, 0.2) is 0 Å². The van der Waals surface area contributed by atoms with Crippen molar-refractivity contribution in [1.82, 2.24) is 24.1 Å². The van der Waals surface area contributed by atoms with Gasteiger partial charge in [-0.3, -0.25) is 4.57 Å². The van der Waals surface area contributed by atoms with Crippen molar-refractivity contribution in [3.8, 4) is 62.1 Å². The van der Waals surface area contributed by atoms with E-state index in [-0.39, 0.29) is 0 Å². The SMILES string of the molecule is c1ccc(-c2cc(-c3ccc(-c4cc5ccccc5c5c(-c6ccccc6)c(-c6ccccc6)nn45)cc3)nc(-n3c4ccccc4c4ccccc43)n2)cc1. The van der Waals surface area contributed by atoms with Gasteiger partial charge in [-0.25, -0.2) is 14.5 Å². The molecule has 4 aromatic heterocycles. The number of benzene rings is 7. The van der Waals surface area contributed by atoms with Crippen molar-refractivity contribution < 1.29 is 0 Å². The van der Waals surface area contributed by atoms with Gasteiger partial charge in [0.05, 0.1) is 33.6 Å². The zero-order valence-electron chi connectivity index (χ0n) is 30.3. The van der Waals surface area contributed by atoms with Crippen LogP contribution in [0.2, 0.25) is 0 Å². The Kier molecular flexibility index (Phi) is 7.42. The van der Waals surface area contributed by atoms with E-state index >= 15 is 0 Å². The summed E-state index contributed by atoms with van der Waals surface area (Å²) in [6.07, 6.45) is 0. The maximum Gasteiger partial charge on any atom is 0.235 e. The van der Waals surface area contributed by atoms with E-state index in [9.17, 15) is 0 Å². The van der Waals surface area contributed by atoms with Crippen molar-refractivity contribution in [2.45, 2.75) is 0 Å². The second kappa shape index (κ2) is 13.0. The lowest BCUT2D eigenvalue weighted by molar-refractivity contribution is 0.979. The molecular weight excluding hydrogens is 683 g/mol. The highest BCUT2D eigenvalue weighted by Crippen LogP contribution is 2.41. The van der Waals surface area contributed by atoms with Crippen LogP contribution in [0.4, 0.5) is 0 Å². The highest BCUT2D eigenvalue weighted by molar-refractivity contribution is 6.10. The first-order chi connectivity index (χ1) is 27.8. The van der Waals surface area contributed by atoms with Crippen LogP contribution in [-0.4, -0.2) is 24.1 Å². The fourth-order valence-corrected chi connectivity index (χ4v) is 8.16. The summed E-state index contributed by atoms with van der Waals surface area (Å²) < 4.78 is 4.33. The summed E-state index contributed by atoms with van der Waals surface area (Å²) in [6, 6.07) is 70.1. The van der Waals surface area contributed by atoms with Gasteiger partial charge in [-0.05, 0) is 35.2 Å². The molecule has 262 valence electrons. The Morgan fingerprint density at radius 1 is 0.375 bits per heavy atom. The minimum Gasteiger partial charge on any atom is -0.278 e. The fraction of sp³-hybridized carbons (Fsp3) is 0. The summed E-state index contributed by atoms with van der Waals surface area (Å²) in [5.41, 5.74) is 13.4. The summed E-state index contributed by atoms with van der Waals surface area (Å²) in [5.74, 6) is 0.637. The predicted molar refractivity (Wildman–Crippen MR) is 230 cm³/mol. The molecule has 0 amide bonds. The lowest BCUT2D eigenvalue weighted by atomic mass is 9.97. The smallest absolute Gasteiger partial charge is 0.235 e. The molecule has 0 saturated carbocycles. The summed E-state index contributed by atoms with van der Waals surface area (Å²) in [4.78, 5) is 10.5. The topological polar surface area (TPSA) is 48.0 Å². The highest BCUT2D eigenvalue weighted by atomic mass is 15.2. The van der Waals surface area contributed by atoms with Crippen molar-refractivity contribution in [1.29, 1.82) is 0 Å². The second-order valence-corrected chi connectivity index (χ2v) is 14.1. The van der Waals surface area contributed by atoms with Gasteiger partial charge < -0.3 is 0 Å². The van der Waals surface area contributed by atoms with Gasteiger partial charge in [0, 0.05) is 44.0 Å². The molecule has 0 aliphatic carbocycles. The predicted octanol–water partition coefficient (Wildman–Crippen LogP) is 12.7. The van der Waals surface area contributed by atoms with Crippen LogP contribution in [0.15, 0.2) is 200 Å². The molecule has 7 aromatic carbocycles. The molecule has 0 atom stereocenters. The van der Waals surface area contributed by atoms with E-state index in [2.05, 4.69) is 203 Å². The van der Waals surface area contributed by atoms with Gasteiger partial charge in [-0.15, -0.1) is 0 Å². The summed E-state index contributed by atoms with van der Waals surface area (Å²) in [5, 5.41) is 10.1. The Labute approximate surface area is 323 Å². The molecule has 0 saturated heterocycles. The van der Waals surface area contributed by atoms with Crippen LogP contribution in [-0.2, 0) is 0 Å². The largest absolute Gasteiger partial charge is 0.278 e. The maximum atomic E-state index is 5.39. The van der Waals surface area contributed by atoms with Crippen LogP contribution < -0.4 is 0 Å². The Morgan fingerprint density at radius 2 is 0.857 bits per heavy atom. The highest BCUT2D eigenvalue weighted by Gasteiger charge is 2.22. The molecule has 56 heavy (non-hydrogen) atoms. The Balaban J connectivity index is 1.11. The average Bonchev–Trinajstić information content (AvgIpc) is 3.85. The average molecular weight is 716 g/mol. The van der Waals surface area contributed by atoms with E-state index in [4.69, 9.17) is 15.1 Å². The summed E-state index contributed by atoms with van der Waals surface area (Å²) in [6.45, 7) is 0. The third-order valence-electron chi connectivity index (χ3n) is 10.8. The van der Waals surface area contributed by atoms with Crippen molar-refractivity contribution in [2.75, 3.05) is 0 Å². The summed E-state index contributed by atoms with van der Waals surface area (Å²) >= 11 is 0. The molecule has 0 fully saturated rings. The maximum absolute atomic E-state index is 5.39. The summed E-state index contributed by atoms with van der Waals surface area (Å²) in [7, 11) is 0. The molecule has 0 aliphatic rings. The molecule has 11 aromatic rings. The van der Waals surface area contributed by atoms with Crippen LogP contribution in [0.25, 0.3) is 100 Å². The van der Waals surface area contributed by atoms with Crippen molar-refractivity contribution in [2.24, 2.45) is 0 Å². The number of para-hydroxylation sites is 2. The molecule has 11 rings (SSSR count). The van der Waals surface area contributed by atoms with Gasteiger partial charge in [0.1, 0.15) is 5.69 Å². The minimum atomic E-state index is 0.637. The van der Waals surface area contributed by atoms with Crippen molar-refractivity contribution in [3.63, 3.8) is 0 Å². The molecule has 0 unspecified atom stereocenters. The third kappa shape index (κ3) is 5.21. The standard InChI is InChI=1S/C51H33N5/c1-4-16-34(17-5-1)43-33-44(53-51(52-43)55-45-26-14-12-24-41(45)42-25-13-15-27-46(42)55)35-28-30-36(31-29-35)47-32-39-22-10-11-23-40(39)50-48(37-18-6-2-7-19-37)49(54-56(47)50)38-20-8-3-9-21-38/h1-33H. The zero-order valence-corrected chi connectivity index (χ0v) is 30.3. The van der Waals surface area contributed by atoms with E-state index in [1.54, 1.807) is 0 Å². The van der Waals surface area contributed by atoms with Gasteiger partial charge in [0.25, 0.3) is 0 Å². The Bertz CT molecular complexity index is 3170. The zero-order chi connectivity index (χ0) is 37.0. The molecule has 5 nitrogen and oxygen atoms in total. The van der Waals surface area contributed by atoms with E-state index in [0.29, 0.717) is 5.95 Å². The van der Waals surface area contributed by atoms with Crippen LogP contribution >= 0.6 is 0 Å². The molecular formula is C51H33N5. The molecule has 0 N–H and O–H groups in total. The van der Waals surface area contributed by atoms with E-state index in [1.807, 2.05) is 6.07 Å².